The number of halogens is 1. The molecule has 0 atom stereocenters. The molecule has 0 spiro atoms. The van der Waals surface area contributed by atoms with Crippen LogP contribution in [0.2, 0.25) is 0 Å². The molecule has 0 saturated heterocycles. The molecule has 31 heavy (non-hydrogen) atoms. The summed E-state index contributed by atoms with van der Waals surface area (Å²) in [5.41, 5.74) is 7.80. The monoisotopic (exact) mass is 477 g/mol. The predicted molar refractivity (Wildman–Crippen MR) is 128 cm³/mol. The van der Waals surface area contributed by atoms with Gasteiger partial charge in [0.25, 0.3) is 5.91 Å². The highest BCUT2D eigenvalue weighted by molar-refractivity contribution is 9.10. The Balaban J connectivity index is 1.48. The molecular weight excluding hydrogens is 454 g/mol. The second-order valence-corrected chi connectivity index (χ2v) is 8.35. The SMILES string of the molecule is COc1ccc(/C=N/NC(=O)c2ccc(Br)cc2)cc1CN1CCCc2ccccc21. The van der Waals surface area contributed by atoms with Crippen LogP contribution in [-0.4, -0.2) is 25.8 Å². The van der Waals surface area contributed by atoms with E-state index < -0.39 is 0 Å². The van der Waals surface area contributed by atoms with Crippen LogP contribution in [-0.2, 0) is 13.0 Å². The van der Waals surface area contributed by atoms with E-state index in [2.05, 4.69) is 61.7 Å². The summed E-state index contributed by atoms with van der Waals surface area (Å²) in [6.07, 6.45) is 3.92. The highest BCUT2D eigenvalue weighted by Gasteiger charge is 2.18. The zero-order valence-electron chi connectivity index (χ0n) is 17.3. The molecule has 6 heteroatoms. The number of carbonyl (C=O) groups is 1. The fourth-order valence-corrected chi connectivity index (χ4v) is 4.08. The van der Waals surface area contributed by atoms with Crippen molar-refractivity contribution in [2.45, 2.75) is 19.4 Å². The van der Waals surface area contributed by atoms with Gasteiger partial charge >= 0.3 is 0 Å². The summed E-state index contributed by atoms with van der Waals surface area (Å²) in [4.78, 5) is 14.6. The third-order valence-corrected chi connectivity index (χ3v) is 5.89. The van der Waals surface area contributed by atoms with Gasteiger partial charge in [-0.2, -0.15) is 5.10 Å². The van der Waals surface area contributed by atoms with Crippen LogP contribution < -0.4 is 15.1 Å². The van der Waals surface area contributed by atoms with Crippen molar-refractivity contribution >= 4 is 33.7 Å². The first-order valence-electron chi connectivity index (χ1n) is 10.2. The molecule has 0 radical (unpaired) electrons. The summed E-state index contributed by atoms with van der Waals surface area (Å²) in [6, 6.07) is 21.7. The Morgan fingerprint density at radius 2 is 1.97 bits per heavy atom. The normalized spacial score (nSPS) is 13.2. The maximum Gasteiger partial charge on any atom is 0.271 e. The molecule has 0 saturated carbocycles. The molecule has 1 aliphatic heterocycles. The van der Waals surface area contributed by atoms with Crippen molar-refractivity contribution in [2.24, 2.45) is 5.10 Å². The quantitative estimate of drug-likeness (QED) is 0.393. The first-order chi connectivity index (χ1) is 15.1. The first kappa shape index (κ1) is 21.1. The first-order valence-corrected chi connectivity index (χ1v) is 11.0. The fourth-order valence-electron chi connectivity index (χ4n) is 3.82. The molecule has 0 unspecified atom stereocenters. The number of methoxy groups -OCH3 is 1. The minimum atomic E-state index is -0.248. The van der Waals surface area contributed by atoms with Crippen LogP contribution >= 0.6 is 15.9 Å². The molecule has 0 aliphatic carbocycles. The number of fused-ring (bicyclic) bond motifs is 1. The van der Waals surface area contributed by atoms with Crippen molar-refractivity contribution < 1.29 is 9.53 Å². The van der Waals surface area contributed by atoms with Crippen LogP contribution in [0.3, 0.4) is 0 Å². The van der Waals surface area contributed by atoms with Crippen LogP contribution in [0.5, 0.6) is 5.75 Å². The Morgan fingerprint density at radius 1 is 1.16 bits per heavy atom. The highest BCUT2D eigenvalue weighted by atomic mass is 79.9. The number of carbonyl (C=O) groups excluding carboxylic acids is 1. The molecule has 1 heterocycles. The van der Waals surface area contributed by atoms with Crippen LogP contribution in [0.4, 0.5) is 5.69 Å². The van der Waals surface area contributed by atoms with Gasteiger partial charge in [0.15, 0.2) is 0 Å². The van der Waals surface area contributed by atoms with Gasteiger partial charge in [0.05, 0.1) is 13.3 Å². The Labute approximate surface area is 190 Å². The molecule has 4 rings (SSSR count). The number of benzene rings is 3. The van der Waals surface area contributed by atoms with Gasteiger partial charge in [-0.3, -0.25) is 4.79 Å². The molecule has 158 valence electrons. The average Bonchev–Trinajstić information content (AvgIpc) is 2.80. The van der Waals surface area contributed by atoms with Crippen molar-refractivity contribution in [1.82, 2.24) is 5.43 Å². The van der Waals surface area contributed by atoms with Crippen LogP contribution in [0.1, 0.15) is 33.5 Å². The molecule has 3 aromatic carbocycles. The van der Waals surface area contributed by atoms with Crippen LogP contribution in [0.15, 0.2) is 76.3 Å². The lowest BCUT2D eigenvalue weighted by Gasteiger charge is -2.31. The van der Waals surface area contributed by atoms with Crippen molar-refractivity contribution in [3.05, 3.63) is 93.5 Å². The number of hydrogen-bond donors (Lipinski definition) is 1. The highest BCUT2D eigenvalue weighted by Crippen LogP contribution is 2.30. The number of ether oxygens (including phenoxy) is 1. The van der Waals surface area contributed by atoms with Crippen molar-refractivity contribution in [3.8, 4) is 5.75 Å². The predicted octanol–water partition coefficient (Wildman–Crippen LogP) is 5.17. The van der Waals surface area contributed by atoms with E-state index in [1.165, 1.54) is 11.3 Å². The van der Waals surface area contributed by atoms with E-state index in [0.29, 0.717) is 5.56 Å². The van der Waals surface area contributed by atoms with Crippen molar-refractivity contribution in [1.29, 1.82) is 0 Å². The van der Waals surface area contributed by atoms with Gasteiger partial charge in [0.1, 0.15) is 5.75 Å². The molecule has 0 aromatic heterocycles. The summed E-state index contributed by atoms with van der Waals surface area (Å²) in [5, 5.41) is 4.13. The van der Waals surface area contributed by atoms with Gasteiger partial charge < -0.3 is 9.64 Å². The van der Waals surface area contributed by atoms with E-state index >= 15 is 0 Å². The van der Waals surface area contributed by atoms with Crippen LogP contribution in [0, 0.1) is 0 Å². The summed E-state index contributed by atoms with van der Waals surface area (Å²) >= 11 is 3.37. The zero-order valence-corrected chi connectivity index (χ0v) is 18.9. The van der Waals surface area contributed by atoms with Gasteiger partial charge in [-0.25, -0.2) is 5.43 Å². The second kappa shape index (κ2) is 9.79. The van der Waals surface area contributed by atoms with Crippen molar-refractivity contribution in [3.63, 3.8) is 0 Å². The fraction of sp³-hybridized carbons (Fsp3) is 0.200. The molecule has 1 aliphatic rings. The van der Waals surface area contributed by atoms with E-state index in [1.807, 2.05) is 24.3 Å². The van der Waals surface area contributed by atoms with E-state index in [9.17, 15) is 4.79 Å². The topological polar surface area (TPSA) is 53.9 Å². The third kappa shape index (κ3) is 5.14. The van der Waals surface area contributed by atoms with Gasteiger partial charge in [-0.1, -0.05) is 34.1 Å². The average molecular weight is 478 g/mol. The van der Waals surface area contributed by atoms with Gasteiger partial charge in [-0.05, 0) is 72.5 Å². The number of aryl methyl sites for hydroxylation is 1. The lowest BCUT2D eigenvalue weighted by Crippen LogP contribution is -2.29. The number of nitrogens with zero attached hydrogens (tertiary/aromatic N) is 2. The number of rotatable bonds is 6. The number of anilines is 1. The number of amides is 1. The minimum absolute atomic E-state index is 0.248. The number of para-hydroxylation sites is 1. The Morgan fingerprint density at radius 3 is 2.77 bits per heavy atom. The van der Waals surface area contributed by atoms with Crippen LogP contribution in [0.25, 0.3) is 0 Å². The third-order valence-electron chi connectivity index (χ3n) is 5.36. The Kier molecular flexibility index (Phi) is 6.67. The maximum absolute atomic E-state index is 12.2. The maximum atomic E-state index is 12.2. The second-order valence-electron chi connectivity index (χ2n) is 7.43. The molecule has 0 fully saturated rings. The molecule has 5 nitrogen and oxygen atoms in total. The lowest BCUT2D eigenvalue weighted by atomic mass is 10.0. The lowest BCUT2D eigenvalue weighted by molar-refractivity contribution is 0.0955. The van der Waals surface area contributed by atoms with Crippen molar-refractivity contribution in [2.75, 3.05) is 18.6 Å². The van der Waals surface area contributed by atoms with Gasteiger partial charge in [-0.15, -0.1) is 0 Å². The van der Waals surface area contributed by atoms with E-state index in [1.54, 1.807) is 25.5 Å². The van der Waals surface area contributed by atoms with E-state index in [4.69, 9.17) is 4.74 Å². The minimum Gasteiger partial charge on any atom is -0.496 e. The summed E-state index contributed by atoms with van der Waals surface area (Å²) < 4.78 is 6.52. The Hall–Kier alpha value is -3.12. The number of hydrogen-bond acceptors (Lipinski definition) is 4. The largest absolute Gasteiger partial charge is 0.496 e. The van der Waals surface area contributed by atoms with Gasteiger partial charge in [0, 0.05) is 34.4 Å². The molecule has 1 amide bonds. The summed E-state index contributed by atoms with van der Waals surface area (Å²) in [5.74, 6) is 0.599. The number of nitrogens with one attached hydrogen (secondary N) is 1. The van der Waals surface area contributed by atoms with Gasteiger partial charge in [0.2, 0.25) is 0 Å². The Bertz CT molecular complexity index is 1100. The summed E-state index contributed by atoms with van der Waals surface area (Å²) in [7, 11) is 1.69. The molecular formula is C25H24BrN3O2. The standard InChI is InChI=1S/C25H24BrN3O2/c1-31-24-13-8-18(16-27-28-25(30)20-9-11-22(26)12-10-20)15-21(24)17-29-14-4-6-19-5-2-3-7-23(19)29/h2-3,5,7-13,15-16H,4,6,14,17H2,1H3,(H,28,30)/b27-16+. The zero-order chi connectivity index (χ0) is 21.6. The smallest absolute Gasteiger partial charge is 0.271 e. The molecule has 3 aromatic rings. The molecule has 0 bridgehead atoms. The van der Waals surface area contributed by atoms with E-state index in [-0.39, 0.29) is 5.91 Å². The number of hydrazone groups is 1. The van der Waals surface area contributed by atoms with E-state index in [0.717, 1.165) is 47.3 Å². The summed E-state index contributed by atoms with van der Waals surface area (Å²) in [6.45, 7) is 1.77. The molecule has 1 N–H and O–H groups in total.